The molecule has 0 spiro atoms. The van der Waals surface area contributed by atoms with Gasteiger partial charge in [0.2, 0.25) is 10.0 Å². The Kier molecular flexibility index (Phi) is 5.85. The van der Waals surface area contributed by atoms with Crippen molar-refractivity contribution in [2.75, 3.05) is 0 Å². The smallest absolute Gasteiger partial charge is 0.346 e. The molecule has 154 valence electrons. The minimum Gasteiger partial charge on any atom is -0.451 e. The molecular formula is C22H17Br2NO4S. The van der Waals surface area contributed by atoms with Crippen molar-refractivity contribution in [3.05, 3.63) is 86.8 Å². The van der Waals surface area contributed by atoms with Gasteiger partial charge in [-0.2, -0.15) is 4.72 Å². The highest BCUT2D eigenvalue weighted by Gasteiger charge is 2.40. The van der Waals surface area contributed by atoms with Crippen LogP contribution >= 0.6 is 31.9 Å². The molecule has 0 fully saturated rings. The Morgan fingerprint density at radius 1 is 0.967 bits per heavy atom. The Hall–Kier alpha value is -2.00. The molecule has 2 atom stereocenters. The SMILES string of the molecule is Cc1ccc(S(=O)(=O)N[C@H](c2ccc3ccccc3c2)[C@@H]2OC(=O)C(Br)=C2Br)cc1. The highest BCUT2D eigenvalue weighted by molar-refractivity contribution is 9.14. The Balaban J connectivity index is 1.79. The normalized spacial score (nSPS) is 18.0. The van der Waals surface area contributed by atoms with Gasteiger partial charge in [0.05, 0.1) is 15.4 Å². The van der Waals surface area contributed by atoms with Crippen LogP contribution in [-0.2, 0) is 19.6 Å². The molecule has 0 radical (unpaired) electrons. The van der Waals surface area contributed by atoms with E-state index in [1.807, 2.05) is 49.4 Å². The van der Waals surface area contributed by atoms with E-state index in [1.165, 1.54) is 0 Å². The lowest BCUT2D eigenvalue weighted by Gasteiger charge is -2.25. The lowest BCUT2D eigenvalue weighted by atomic mass is 9.99. The average Bonchev–Trinajstić information content (AvgIpc) is 2.99. The van der Waals surface area contributed by atoms with Gasteiger partial charge in [0.15, 0.2) is 6.10 Å². The molecule has 0 unspecified atom stereocenters. The molecule has 0 saturated carbocycles. The molecule has 1 heterocycles. The fraction of sp³-hybridized carbons (Fsp3) is 0.136. The molecule has 0 amide bonds. The number of esters is 1. The third kappa shape index (κ3) is 4.09. The number of halogens is 2. The molecule has 0 saturated heterocycles. The van der Waals surface area contributed by atoms with Gasteiger partial charge in [0.25, 0.3) is 0 Å². The second-order valence-corrected chi connectivity index (χ2v) is 10.4. The van der Waals surface area contributed by atoms with Gasteiger partial charge in [-0.05, 0) is 73.3 Å². The molecule has 3 aromatic carbocycles. The van der Waals surface area contributed by atoms with Crippen molar-refractivity contribution in [2.24, 2.45) is 0 Å². The van der Waals surface area contributed by atoms with Gasteiger partial charge in [-0.3, -0.25) is 0 Å². The first kappa shape index (κ1) is 21.2. The van der Waals surface area contributed by atoms with Crippen LogP contribution in [0.15, 0.2) is 80.6 Å². The molecule has 1 aliphatic heterocycles. The van der Waals surface area contributed by atoms with Gasteiger partial charge in [-0.1, -0.05) is 54.1 Å². The van der Waals surface area contributed by atoms with E-state index in [1.54, 1.807) is 24.3 Å². The van der Waals surface area contributed by atoms with Crippen LogP contribution in [0.2, 0.25) is 0 Å². The number of cyclic esters (lactones) is 1. The summed E-state index contributed by atoms with van der Waals surface area (Å²) in [5.41, 5.74) is 1.64. The second-order valence-electron chi connectivity index (χ2n) is 7.01. The molecule has 1 N–H and O–H groups in total. The fourth-order valence-electron chi connectivity index (χ4n) is 3.31. The number of hydrogen-bond acceptors (Lipinski definition) is 4. The lowest BCUT2D eigenvalue weighted by Crippen LogP contribution is -2.37. The van der Waals surface area contributed by atoms with Crippen molar-refractivity contribution in [1.29, 1.82) is 0 Å². The quantitative estimate of drug-likeness (QED) is 0.449. The van der Waals surface area contributed by atoms with Crippen LogP contribution < -0.4 is 4.72 Å². The number of carbonyl (C=O) groups excluding carboxylic acids is 1. The van der Waals surface area contributed by atoms with E-state index in [-0.39, 0.29) is 9.38 Å². The van der Waals surface area contributed by atoms with Crippen molar-refractivity contribution in [3.8, 4) is 0 Å². The van der Waals surface area contributed by atoms with Crippen molar-refractivity contribution in [1.82, 2.24) is 4.72 Å². The third-order valence-corrected chi connectivity index (χ3v) is 8.51. The number of fused-ring (bicyclic) bond motifs is 1. The monoisotopic (exact) mass is 549 g/mol. The van der Waals surface area contributed by atoms with Crippen LogP contribution in [0.5, 0.6) is 0 Å². The van der Waals surface area contributed by atoms with Crippen molar-refractivity contribution in [2.45, 2.75) is 24.0 Å². The van der Waals surface area contributed by atoms with Crippen LogP contribution in [-0.4, -0.2) is 20.5 Å². The molecule has 3 aromatic rings. The molecule has 5 nitrogen and oxygen atoms in total. The van der Waals surface area contributed by atoms with E-state index in [0.717, 1.165) is 16.3 Å². The zero-order valence-corrected chi connectivity index (χ0v) is 19.8. The maximum atomic E-state index is 13.1. The molecule has 0 aromatic heterocycles. The first-order valence-corrected chi connectivity index (χ1v) is 12.2. The summed E-state index contributed by atoms with van der Waals surface area (Å²) in [5, 5.41) is 1.98. The Labute approximate surface area is 191 Å². The van der Waals surface area contributed by atoms with Gasteiger partial charge < -0.3 is 4.74 Å². The molecule has 30 heavy (non-hydrogen) atoms. The standard InChI is InChI=1S/C22H17Br2NO4S/c1-13-6-10-17(11-7-13)30(27,28)25-20(21-18(23)19(24)22(26)29-21)16-9-8-14-4-2-3-5-15(14)12-16/h2-12,20-21,25H,1H3/t20-,21-/m1/s1. The summed E-state index contributed by atoms with van der Waals surface area (Å²) >= 11 is 6.59. The summed E-state index contributed by atoms with van der Waals surface area (Å²) in [6.07, 6.45) is -0.840. The van der Waals surface area contributed by atoms with E-state index in [2.05, 4.69) is 36.6 Å². The summed E-state index contributed by atoms with van der Waals surface area (Å²) in [7, 11) is -3.87. The number of rotatable bonds is 5. The number of carbonyl (C=O) groups is 1. The Morgan fingerprint density at radius 3 is 2.27 bits per heavy atom. The van der Waals surface area contributed by atoms with Gasteiger partial charge in [-0.25, -0.2) is 13.2 Å². The third-order valence-electron chi connectivity index (χ3n) is 4.92. The van der Waals surface area contributed by atoms with Crippen molar-refractivity contribution in [3.63, 3.8) is 0 Å². The van der Waals surface area contributed by atoms with Gasteiger partial charge in [-0.15, -0.1) is 0 Å². The van der Waals surface area contributed by atoms with E-state index < -0.39 is 28.1 Å². The van der Waals surface area contributed by atoms with Gasteiger partial charge in [0.1, 0.15) is 4.48 Å². The van der Waals surface area contributed by atoms with Crippen LogP contribution in [0.4, 0.5) is 0 Å². The van der Waals surface area contributed by atoms with Crippen LogP contribution in [0.3, 0.4) is 0 Å². The summed E-state index contributed by atoms with van der Waals surface area (Å²) in [6.45, 7) is 1.89. The summed E-state index contributed by atoms with van der Waals surface area (Å²) in [4.78, 5) is 12.2. The Morgan fingerprint density at radius 2 is 1.63 bits per heavy atom. The van der Waals surface area contributed by atoms with Crippen LogP contribution in [0.1, 0.15) is 17.2 Å². The average molecular weight is 551 g/mol. The minimum absolute atomic E-state index is 0.141. The number of ether oxygens (including phenoxy) is 1. The summed E-state index contributed by atoms with van der Waals surface area (Å²) in [5.74, 6) is -0.549. The zero-order chi connectivity index (χ0) is 21.5. The Bertz CT molecular complexity index is 1270. The largest absolute Gasteiger partial charge is 0.451 e. The highest BCUT2D eigenvalue weighted by Crippen LogP contribution is 2.39. The summed E-state index contributed by atoms with van der Waals surface area (Å²) < 4.78 is 35.2. The molecule has 8 heteroatoms. The van der Waals surface area contributed by atoms with E-state index >= 15 is 0 Å². The second kappa shape index (κ2) is 8.26. The van der Waals surface area contributed by atoms with E-state index in [4.69, 9.17) is 4.74 Å². The number of sulfonamides is 1. The molecule has 0 aliphatic carbocycles. The van der Waals surface area contributed by atoms with Crippen LogP contribution in [0.25, 0.3) is 10.8 Å². The summed E-state index contributed by atoms with van der Waals surface area (Å²) in [6, 6.07) is 19.2. The first-order chi connectivity index (χ1) is 14.3. The fourth-order valence-corrected chi connectivity index (χ4v) is 5.38. The topological polar surface area (TPSA) is 72.5 Å². The van der Waals surface area contributed by atoms with Crippen LogP contribution in [0, 0.1) is 6.92 Å². The molecule has 4 rings (SSSR count). The van der Waals surface area contributed by atoms with E-state index in [0.29, 0.717) is 10.0 Å². The predicted octanol–water partition coefficient (Wildman–Crippen LogP) is 5.09. The number of benzene rings is 3. The number of aryl methyl sites for hydroxylation is 1. The lowest BCUT2D eigenvalue weighted by molar-refractivity contribution is -0.139. The number of hydrogen-bond donors (Lipinski definition) is 1. The zero-order valence-electron chi connectivity index (χ0n) is 15.8. The van der Waals surface area contributed by atoms with Gasteiger partial charge in [0, 0.05) is 0 Å². The number of nitrogens with one attached hydrogen (secondary N) is 1. The predicted molar refractivity (Wildman–Crippen MR) is 123 cm³/mol. The van der Waals surface area contributed by atoms with Gasteiger partial charge >= 0.3 is 5.97 Å². The maximum absolute atomic E-state index is 13.1. The maximum Gasteiger partial charge on any atom is 0.346 e. The molecule has 0 bridgehead atoms. The molecular weight excluding hydrogens is 534 g/mol. The van der Waals surface area contributed by atoms with E-state index in [9.17, 15) is 13.2 Å². The van der Waals surface area contributed by atoms with Crippen molar-refractivity contribution < 1.29 is 17.9 Å². The highest BCUT2D eigenvalue weighted by atomic mass is 79.9. The molecule has 1 aliphatic rings. The first-order valence-electron chi connectivity index (χ1n) is 9.10. The minimum atomic E-state index is -3.87. The van der Waals surface area contributed by atoms with Crippen molar-refractivity contribution >= 4 is 58.6 Å².